The number of hydrogen-bond donors (Lipinski definition) is 1. The molecule has 0 spiro atoms. The minimum Gasteiger partial charge on any atom is -0.367 e. The summed E-state index contributed by atoms with van der Waals surface area (Å²) in [5.74, 6) is 1.22. The van der Waals surface area contributed by atoms with Gasteiger partial charge in [0.25, 0.3) is 6.43 Å². The van der Waals surface area contributed by atoms with Crippen LogP contribution in [0.3, 0.4) is 0 Å². The van der Waals surface area contributed by atoms with Gasteiger partial charge in [0.1, 0.15) is 11.9 Å². The van der Waals surface area contributed by atoms with Crippen molar-refractivity contribution in [1.82, 2.24) is 14.7 Å². The van der Waals surface area contributed by atoms with Crippen LogP contribution in [0.1, 0.15) is 71.5 Å². The normalized spacial score (nSPS) is 24.0. The number of alkyl halides is 2. The van der Waals surface area contributed by atoms with E-state index < -0.39 is 12.5 Å². The Morgan fingerprint density at radius 1 is 1.33 bits per heavy atom. The van der Waals surface area contributed by atoms with Gasteiger partial charge in [0.2, 0.25) is 5.91 Å². The highest BCUT2D eigenvalue weighted by atomic mass is 19.3. The van der Waals surface area contributed by atoms with Crippen LogP contribution in [0.4, 0.5) is 14.6 Å². The van der Waals surface area contributed by atoms with Crippen molar-refractivity contribution in [2.75, 3.05) is 18.4 Å². The number of likely N-dealkylation sites (tertiary alicyclic amines) is 1. The number of anilines is 1. The summed E-state index contributed by atoms with van der Waals surface area (Å²) in [4.78, 5) is 14.0. The average Bonchev–Trinajstić information content (AvgIpc) is 3.05. The van der Waals surface area contributed by atoms with Gasteiger partial charge >= 0.3 is 0 Å². The summed E-state index contributed by atoms with van der Waals surface area (Å²) in [5, 5.41) is 7.96. The van der Waals surface area contributed by atoms with E-state index in [1.807, 2.05) is 38.7 Å². The maximum atomic E-state index is 13.8. The second-order valence-corrected chi connectivity index (χ2v) is 8.97. The Labute approximate surface area is 160 Å². The van der Waals surface area contributed by atoms with Crippen LogP contribution in [0.15, 0.2) is 6.07 Å². The number of fused-ring (bicyclic) bond motifs is 1. The molecule has 1 saturated heterocycles. The predicted octanol–water partition coefficient (Wildman–Crippen LogP) is 4.21. The van der Waals surface area contributed by atoms with Crippen molar-refractivity contribution in [1.29, 1.82) is 0 Å². The molecule has 2 aliphatic heterocycles. The van der Waals surface area contributed by atoms with Crippen LogP contribution < -0.4 is 5.32 Å². The Hall–Kier alpha value is -1.66. The number of piperidine rings is 1. The maximum Gasteiger partial charge on any atom is 0.260 e. The Bertz CT molecular complexity index is 659. The first-order chi connectivity index (χ1) is 12.7. The van der Waals surface area contributed by atoms with Crippen molar-refractivity contribution >= 4 is 11.7 Å². The van der Waals surface area contributed by atoms with E-state index in [9.17, 15) is 13.6 Å². The third kappa shape index (κ3) is 4.27. The van der Waals surface area contributed by atoms with Crippen LogP contribution >= 0.6 is 0 Å². The minimum absolute atomic E-state index is 0.00412. The molecule has 0 bridgehead atoms. The van der Waals surface area contributed by atoms with Crippen molar-refractivity contribution in [3.63, 3.8) is 0 Å². The Kier molecular flexibility index (Phi) is 5.77. The molecule has 2 aliphatic rings. The van der Waals surface area contributed by atoms with Gasteiger partial charge in [0.15, 0.2) is 0 Å². The van der Waals surface area contributed by atoms with Crippen LogP contribution in [-0.4, -0.2) is 46.1 Å². The van der Waals surface area contributed by atoms with E-state index in [0.717, 1.165) is 38.0 Å². The van der Waals surface area contributed by atoms with Gasteiger partial charge in [-0.15, -0.1) is 0 Å². The van der Waals surface area contributed by atoms with Crippen molar-refractivity contribution in [2.24, 2.45) is 5.92 Å². The molecular weight excluding hydrogens is 350 g/mol. The molecule has 27 heavy (non-hydrogen) atoms. The van der Waals surface area contributed by atoms with Gasteiger partial charge in [0.05, 0.1) is 5.69 Å². The summed E-state index contributed by atoms with van der Waals surface area (Å²) in [7, 11) is 0. The average molecular weight is 382 g/mol. The molecule has 2 atom stereocenters. The second-order valence-electron chi connectivity index (χ2n) is 8.97. The lowest BCUT2D eigenvalue weighted by Gasteiger charge is -2.40. The minimum atomic E-state index is -2.44. The molecule has 5 nitrogen and oxygen atoms in total. The third-order valence-corrected chi connectivity index (χ3v) is 5.86. The summed E-state index contributed by atoms with van der Waals surface area (Å²) in [6, 6.07) is 1.04. The van der Waals surface area contributed by atoms with Gasteiger partial charge < -0.3 is 10.2 Å². The highest BCUT2D eigenvalue weighted by molar-refractivity contribution is 5.76. The number of rotatable bonds is 4. The number of aromatic nitrogens is 2. The summed E-state index contributed by atoms with van der Waals surface area (Å²) < 4.78 is 29.0. The van der Waals surface area contributed by atoms with Crippen molar-refractivity contribution in [2.45, 2.75) is 83.7 Å². The molecule has 1 aromatic heterocycles. The molecule has 0 aromatic carbocycles. The van der Waals surface area contributed by atoms with Crippen molar-refractivity contribution in [3.8, 4) is 0 Å². The molecule has 152 valence electrons. The molecule has 3 rings (SSSR count). The van der Waals surface area contributed by atoms with Gasteiger partial charge in [-0.05, 0) is 31.6 Å². The molecule has 0 saturated carbocycles. The van der Waals surface area contributed by atoms with Crippen LogP contribution in [0, 0.1) is 5.92 Å². The standard InChI is InChI=1S/C20H32F2N4O/c1-5-6-18(27)25-9-7-13(8-10-25)14-11-15(19(21)22)26-17(23-14)12-16(24-26)20(2,3)4/h12-15,19,23H,5-11H2,1-4H3/t14-,15+/m0/s1. The maximum absolute atomic E-state index is 13.8. The molecule has 0 radical (unpaired) electrons. The van der Waals surface area contributed by atoms with Gasteiger partial charge in [-0.1, -0.05) is 27.7 Å². The van der Waals surface area contributed by atoms with E-state index in [1.54, 1.807) is 0 Å². The monoisotopic (exact) mass is 382 g/mol. The number of nitrogens with one attached hydrogen (secondary N) is 1. The fourth-order valence-corrected chi connectivity index (χ4v) is 4.17. The molecule has 3 heterocycles. The SMILES string of the molecule is CCCC(=O)N1CCC([C@@H]2C[C@H](C(F)F)n3nc(C(C)(C)C)cc3N2)CC1. The number of amides is 1. The quantitative estimate of drug-likeness (QED) is 0.849. The summed E-state index contributed by atoms with van der Waals surface area (Å²) in [6.07, 6.45) is 1.12. The molecule has 1 aromatic rings. The zero-order chi connectivity index (χ0) is 19.8. The lowest BCUT2D eigenvalue weighted by atomic mass is 9.84. The molecular formula is C20H32F2N4O. The van der Waals surface area contributed by atoms with Crippen LogP contribution in [0.2, 0.25) is 0 Å². The first-order valence-electron chi connectivity index (χ1n) is 10.1. The fraction of sp³-hybridized carbons (Fsp3) is 0.800. The highest BCUT2D eigenvalue weighted by Gasteiger charge is 2.39. The molecule has 0 aliphatic carbocycles. The lowest BCUT2D eigenvalue weighted by Crippen LogP contribution is -2.46. The zero-order valence-electron chi connectivity index (χ0n) is 16.8. The molecule has 1 N–H and O–H groups in total. The number of carbonyl (C=O) groups is 1. The van der Waals surface area contributed by atoms with Crippen LogP contribution in [-0.2, 0) is 10.2 Å². The van der Waals surface area contributed by atoms with E-state index in [2.05, 4.69) is 10.4 Å². The van der Waals surface area contributed by atoms with E-state index >= 15 is 0 Å². The van der Waals surface area contributed by atoms with Crippen LogP contribution in [0.5, 0.6) is 0 Å². The van der Waals surface area contributed by atoms with E-state index in [0.29, 0.717) is 24.6 Å². The number of halogens is 2. The number of nitrogens with zero attached hydrogens (tertiary/aromatic N) is 3. The fourth-order valence-electron chi connectivity index (χ4n) is 4.17. The third-order valence-electron chi connectivity index (χ3n) is 5.86. The summed E-state index contributed by atoms with van der Waals surface area (Å²) in [6.45, 7) is 9.59. The zero-order valence-corrected chi connectivity index (χ0v) is 16.8. The second kappa shape index (κ2) is 7.76. The highest BCUT2D eigenvalue weighted by Crippen LogP contribution is 2.38. The van der Waals surface area contributed by atoms with Gasteiger partial charge in [-0.25, -0.2) is 13.5 Å². The number of carbonyl (C=O) groups excluding carboxylic acids is 1. The Balaban J connectivity index is 1.72. The topological polar surface area (TPSA) is 50.2 Å². The lowest BCUT2D eigenvalue weighted by molar-refractivity contribution is -0.132. The summed E-state index contributed by atoms with van der Waals surface area (Å²) >= 11 is 0. The van der Waals surface area contributed by atoms with E-state index in [4.69, 9.17) is 0 Å². The van der Waals surface area contributed by atoms with Crippen molar-refractivity contribution in [3.05, 3.63) is 11.8 Å². The van der Waals surface area contributed by atoms with Gasteiger partial charge in [-0.2, -0.15) is 5.10 Å². The smallest absolute Gasteiger partial charge is 0.260 e. The Morgan fingerprint density at radius 2 is 2.00 bits per heavy atom. The van der Waals surface area contributed by atoms with Gasteiger partial charge in [0, 0.05) is 37.0 Å². The summed E-state index contributed by atoms with van der Waals surface area (Å²) in [5.41, 5.74) is 0.649. The number of hydrogen-bond acceptors (Lipinski definition) is 3. The van der Waals surface area contributed by atoms with Crippen molar-refractivity contribution < 1.29 is 13.6 Å². The predicted molar refractivity (Wildman–Crippen MR) is 102 cm³/mol. The first kappa shape index (κ1) is 20.1. The molecule has 1 amide bonds. The largest absolute Gasteiger partial charge is 0.367 e. The molecule has 0 unspecified atom stereocenters. The van der Waals surface area contributed by atoms with E-state index in [-0.39, 0.29) is 17.4 Å². The van der Waals surface area contributed by atoms with E-state index in [1.165, 1.54) is 4.68 Å². The van der Waals surface area contributed by atoms with Crippen LogP contribution in [0.25, 0.3) is 0 Å². The molecule has 7 heteroatoms. The first-order valence-corrected chi connectivity index (χ1v) is 10.1. The van der Waals surface area contributed by atoms with Gasteiger partial charge in [-0.3, -0.25) is 4.79 Å². The Morgan fingerprint density at radius 3 is 2.56 bits per heavy atom. The molecule has 1 fully saturated rings.